The van der Waals surface area contributed by atoms with Crippen LogP contribution in [0.3, 0.4) is 0 Å². The third kappa shape index (κ3) is 2.85. The Morgan fingerprint density at radius 2 is 2.00 bits per heavy atom. The minimum atomic E-state index is -0.376. The van der Waals surface area contributed by atoms with Crippen LogP contribution in [0.25, 0.3) is 10.2 Å². The Kier molecular flexibility index (Phi) is 3.53. The maximum Gasteiger partial charge on any atom is 0.257 e. The molecule has 0 unspecified atom stereocenters. The van der Waals surface area contributed by atoms with Crippen molar-refractivity contribution in [2.75, 3.05) is 12.4 Å². The lowest BCUT2D eigenvalue weighted by Gasteiger charge is -2.00. The average Bonchev–Trinajstić information content (AvgIpc) is 2.88. The molecule has 2 aromatic carbocycles. The summed E-state index contributed by atoms with van der Waals surface area (Å²) in [6, 6.07) is 10.9. The second kappa shape index (κ2) is 5.49. The summed E-state index contributed by atoms with van der Waals surface area (Å²) in [6.45, 7) is 0. The second-order valence-corrected chi connectivity index (χ2v) is 5.34. The number of methoxy groups -OCH3 is 1. The maximum absolute atomic E-state index is 12.8. The molecule has 21 heavy (non-hydrogen) atoms. The van der Waals surface area contributed by atoms with Crippen molar-refractivity contribution in [1.29, 1.82) is 0 Å². The molecule has 0 atom stereocenters. The van der Waals surface area contributed by atoms with Crippen LogP contribution in [0.4, 0.5) is 9.52 Å². The van der Waals surface area contributed by atoms with Crippen molar-refractivity contribution in [3.63, 3.8) is 0 Å². The number of rotatable bonds is 3. The van der Waals surface area contributed by atoms with Crippen LogP contribution in [-0.4, -0.2) is 18.0 Å². The summed E-state index contributed by atoms with van der Waals surface area (Å²) in [6.07, 6.45) is 0. The molecule has 1 N–H and O–H groups in total. The molecule has 106 valence electrons. The lowest BCUT2D eigenvalue weighted by Crippen LogP contribution is -2.11. The minimum absolute atomic E-state index is 0.318. The minimum Gasteiger partial charge on any atom is -0.497 e. The molecule has 0 radical (unpaired) electrons. The van der Waals surface area contributed by atoms with Gasteiger partial charge in [0.1, 0.15) is 11.6 Å². The second-order valence-electron chi connectivity index (χ2n) is 4.31. The van der Waals surface area contributed by atoms with Gasteiger partial charge in [0.25, 0.3) is 5.91 Å². The van der Waals surface area contributed by atoms with E-state index in [9.17, 15) is 9.18 Å². The van der Waals surface area contributed by atoms with Crippen LogP contribution in [0.2, 0.25) is 0 Å². The van der Waals surface area contributed by atoms with Gasteiger partial charge in [0.05, 0.1) is 17.3 Å². The average molecular weight is 301 g/mol. The van der Waals surface area contributed by atoms with Crippen molar-refractivity contribution in [3.05, 3.63) is 53.8 Å². The predicted octanol–water partition coefficient (Wildman–Crippen LogP) is 3.70. The van der Waals surface area contributed by atoms with Gasteiger partial charge in [-0.25, -0.2) is 9.37 Å². The number of carbonyl (C=O) groups is 1. The number of ether oxygens (including phenoxy) is 1. The van der Waals surface area contributed by atoms with E-state index in [1.807, 2.05) is 18.2 Å². The number of amides is 1. The highest BCUT2D eigenvalue weighted by atomic mass is 32.1. The number of carbonyl (C=O) groups excluding carboxylic acids is 1. The largest absolute Gasteiger partial charge is 0.497 e. The quantitative estimate of drug-likeness (QED) is 0.802. The molecule has 0 aliphatic carbocycles. The highest BCUT2D eigenvalue weighted by Crippen LogP contribution is 2.29. The van der Waals surface area contributed by atoms with Gasteiger partial charge in [-0.2, -0.15) is 0 Å². The summed E-state index contributed by atoms with van der Waals surface area (Å²) in [5.41, 5.74) is 1.17. The topological polar surface area (TPSA) is 51.2 Å². The van der Waals surface area contributed by atoms with Crippen molar-refractivity contribution in [1.82, 2.24) is 4.98 Å². The van der Waals surface area contributed by atoms with Crippen molar-refractivity contribution >= 4 is 32.6 Å². The number of thiazole rings is 1. The molecule has 0 fully saturated rings. The van der Waals surface area contributed by atoms with Crippen LogP contribution < -0.4 is 10.1 Å². The van der Waals surface area contributed by atoms with Crippen molar-refractivity contribution in [2.24, 2.45) is 0 Å². The van der Waals surface area contributed by atoms with E-state index in [2.05, 4.69) is 10.3 Å². The summed E-state index contributed by atoms with van der Waals surface area (Å²) in [5, 5.41) is 3.20. The molecule has 0 saturated carbocycles. The molecule has 0 bridgehead atoms. The van der Waals surface area contributed by atoms with Crippen LogP contribution in [0.1, 0.15) is 10.4 Å². The normalized spacial score (nSPS) is 10.6. The van der Waals surface area contributed by atoms with Gasteiger partial charge in [-0.05, 0) is 42.5 Å². The summed E-state index contributed by atoms with van der Waals surface area (Å²) < 4.78 is 18.9. The van der Waals surface area contributed by atoms with E-state index < -0.39 is 0 Å². The van der Waals surface area contributed by atoms with Gasteiger partial charge in [0.15, 0.2) is 5.13 Å². The molecular formula is C15H11FN2O2S. The summed E-state index contributed by atoms with van der Waals surface area (Å²) >= 11 is 1.36. The zero-order valence-electron chi connectivity index (χ0n) is 11.1. The van der Waals surface area contributed by atoms with Crippen LogP contribution in [0, 0.1) is 5.82 Å². The standard InChI is InChI=1S/C15H11FN2O2S/c1-20-11-6-7-12-13(8-11)21-15(17-12)18-14(19)9-2-4-10(16)5-3-9/h2-8H,1H3,(H,17,18,19)/i16-1. The van der Waals surface area contributed by atoms with Crippen molar-refractivity contribution < 1.29 is 13.9 Å². The van der Waals surface area contributed by atoms with Gasteiger partial charge in [0, 0.05) is 5.56 Å². The first kappa shape index (κ1) is 13.5. The number of anilines is 1. The number of halogens is 1. The number of aromatic nitrogens is 1. The highest BCUT2D eigenvalue weighted by Gasteiger charge is 2.10. The summed E-state index contributed by atoms with van der Waals surface area (Å²) in [4.78, 5) is 16.4. The lowest BCUT2D eigenvalue weighted by atomic mass is 10.2. The van der Waals surface area contributed by atoms with Gasteiger partial charge in [0.2, 0.25) is 0 Å². The van der Waals surface area contributed by atoms with Gasteiger partial charge < -0.3 is 4.74 Å². The number of benzene rings is 2. The van der Waals surface area contributed by atoms with Gasteiger partial charge in [-0.3, -0.25) is 10.1 Å². The molecule has 3 aromatic rings. The molecule has 0 aliphatic heterocycles. The van der Waals surface area contributed by atoms with E-state index >= 15 is 0 Å². The molecule has 4 nitrogen and oxygen atoms in total. The van der Waals surface area contributed by atoms with E-state index in [4.69, 9.17) is 4.74 Å². The first-order valence-corrected chi connectivity index (χ1v) is 6.99. The molecular weight excluding hydrogens is 290 g/mol. The monoisotopic (exact) mass is 301 g/mol. The van der Waals surface area contributed by atoms with Crippen LogP contribution in [0.15, 0.2) is 42.5 Å². The Hall–Kier alpha value is -2.47. The Labute approximate surface area is 124 Å². The van der Waals surface area contributed by atoms with Gasteiger partial charge >= 0.3 is 0 Å². The zero-order chi connectivity index (χ0) is 14.8. The first-order chi connectivity index (χ1) is 10.2. The summed E-state index contributed by atoms with van der Waals surface area (Å²) in [5.74, 6) is 0.0437. The van der Waals surface area contributed by atoms with Crippen molar-refractivity contribution in [2.45, 2.75) is 0 Å². The zero-order valence-corrected chi connectivity index (χ0v) is 11.9. The number of hydrogen-bond acceptors (Lipinski definition) is 4. The molecule has 6 heteroatoms. The molecule has 0 aliphatic rings. The lowest BCUT2D eigenvalue weighted by molar-refractivity contribution is 0.102. The van der Waals surface area contributed by atoms with E-state index in [1.54, 1.807) is 7.11 Å². The molecule has 0 spiro atoms. The van der Waals surface area contributed by atoms with E-state index in [0.29, 0.717) is 10.7 Å². The van der Waals surface area contributed by atoms with Crippen molar-refractivity contribution in [3.8, 4) is 5.75 Å². The fraction of sp³-hybridized carbons (Fsp3) is 0.0667. The molecule has 3 rings (SSSR count). The fourth-order valence-electron chi connectivity index (χ4n) is 1.86. The fourth-order valence-corrected chi connectivity index (χ4v) is 2.75. The van der Waals surface area contributed by atoms with Crippen LogP contribution in [-0.2, 0) is 0 Å². The number of fused-ring (bicyclic) bond motifs is 1. The molecule has 0 saturated heterocycles. The van der Waals surface area contributed by atoms with Crippen LogP contribution >= 0.6 is 11.3 Å². The number of hydrogen-bond donors (Lipinski definition) is 1. The highest BCUT2D eigenvalue weighted by molar-refractivity contribution is 7.22. The van der Waals surface area contributed by atoms with E-state index in [-0.39, 0.29) is 11.7 Å². The van der Waals surface area contributed by atoms with Gasteiger partial charge in [-0.15, -0.1) is 0 Å². The Morgan fingerprint density at radius 3 is 2.71 bits per heavy atom. The maximum atomic E-state index is 12.8. The SMILES string of the molecule is COc1ccc2nc(NC(=O)c3ccc([18F])cc3)sc2c1. The molecule has 1 amide bonds. The smallest absolute Gasteiger partial charge is 0.257 e. The Morgan fingerprint density at radius 1 is 1.24 bits per heavy atom. The third-order valence-corrected chi connectivity index (χ3v) is 3.86. The Bertz CT molecular complexity index is 799. The van der Waals surface area contributed by atoms with E-state index in [0.717, 1.165) is 16.0 Å². The van der Waals surface area contributed by atoms with Crippen LogP contribution in [0.5, 0.6) is 5.75 Å². The molecule has 1 aromatic heterocycles. The number of nitrogens with one attached hydrogen (secondary N) is 1. The third-order valence-electron chi connectivity index (χ3n) is 2.92. The van der Waals surface area contributed by atoms with Gasteiger partial charge in [-0.1, -0.05) is 11.3 Å². The predicted molar refractivity (Wildman–Crippen MR) is 80.5 cm³/mol. The Balaban J connectivity index is 1.84. The molecule has 1 heterocycles. The number of nitrogens with zero attached hydrogens (tertiary/aromatic N) is 1. The summed E-state index contributed by atoms with van der Waals surface area (Å²) in [7, 11) is 1.60. The first-order valence-electron chi connectivity index (χ1n) is 6.17. The van der Waals surface area contributed by atoms with E-state index in [1.165, 1.54) is 35.6 Å².